The molecule has 1 aliphatic heterocycles. The standard InChI is InChI=1S/C8H14N6O2/c1-2-4-6(16)12-5(15)3-14(4)8(11)13-7(9)10/h4H,2-3H2,1H3,(H,12,15,16)(H5,9,10,11,13). The Morgan fingerprint density at radius 2 is 2.25 bits per heavy atom. The van der Waals surface area contributed by atoms with Gasteiger partial charge in [-0.05, 0) is 6.42 Å². The average Bonchev–Trinajstić information content (AvgIpc) is 2.15. The van der Waals surface area contributed by atoms with E-state index >= 15 is 0 Å². The number of nitrogens with zero attached hydrogens (tertiary/aromatic N) is 2. The highest BCUT2D eigenvalue weighted by atomic mass is 16.2. The van der Waals surface area contributed by atoms with E-state index in [1.54, 1.807) is 6.92 Å². The maximum absolute atomic E-state index is 11.5. The lowest BCUT2D eigenvalue weighted by atomic mass is 10.1. The van der Waals surface area contributed by atoms with E-state index in [0.29, 0.717) is 6.42 Å². The number of hydrogen-bond acceptors (Lipinski definition) is 3. The van der Waals surface area contributed by atoms with Crippen LogP contribution >= 0.6 is 0 Å². The third kappa shape index (κ3) is 2.47. The van der Waals surface area contributed by atoms with E-state index in [-0.39, 0.29) is 18.5 Å². The van der Waals surface area contributed by atoms with Crippen LogP contribution in [-0.4, -0.2) is 41.2 Å². The second kappa shape index (κ2) is 4.60. The number of nitrogens with two attached hydrogens (primary N) is 2. The second-order valence-corrected chi connectivity index (χ2v) is 3.32. The molecule has 0 aromatic rings. The third-order valence-electron chi connectivity index (χ3n) is 2.15. The van der Waals surface area contributed by atoms with E-state index in [4.69, 9.17) is 16.9 Å². The minimum atomic E-state index is -0.590. The number of guanidine groups is 2. The monoisotopic (exact) mass is 226 g/mol. The molecule has 0 spiro atoms. The number of rotatable bonds is 1. The van der Waals surface area contributed by atoms with Crippen LogP contribution in [-0.2, 0) is 9.59 Å². The van der Waals surface area contributed by atoms with E-state index in [1.165, 1.54) is 4.90 Å². The molecular formula is C8H14N6O2. The van der Waals surface area contributed by atoms with Gasteiger partial charge in [-0.3, -0.25) is 20.3 Å². The quantitative estimate of drug-likeness (QED) is 0.231. The summed E-state index contributed by atoms with van der Waals surface area (Å²) in [6.07, 6.45) is 0.460. The first-order chi connectivity index (χ1) is 7.45. The third-order valence-corrected chi connectivity index (χ3v) is 2.15. The van der Waals surface area contributed by atoms with Crippen LogP contribution in [0.1, 0.15) is 13.3 Å². The minimum absolute atomic E-state index is 0.0974. The average molecular weight is 226 g/mol. The van der Waals surface area contributed by atoms with Gasteiger partial charge in [0, 0.05) is 0 Å². The van der Waals surface area contributed by atoms with Crippen LogP contribution in [0.5, 0.6) is 0 Å². The highest BCUT2D eigenvalue weighted by Crippen LogP contribution is 2.09. The van der Waals surface area contributed by atoms with Crippen molar-refractivity contribution in [2.24, 2.45) is 16.5 Å². The number of piperazine rings is 1. The number of imide groups is 1. The molecule has 8 nitrogen and oxygen atoms in total. The van der Waals surface area contributed by atoms with E-state index in [2.05, 4.69) is 10.3 Å². The van der Waals surface area contributed by atoms with Crippen LogP contribution in [0.15, 0.2) is 4.99 Å². The molecule has 0 bridgehead atoms. The van der Waals surface area contributed by atoms with Gasteiger partial charge in [0.15, 0.2) is 5.96 Å². The molecule has 1 atom stereocenters. The van der Waals surface area contributed by atoms with Crippen molar-refractivity contribution in [1.82, 2.24) is 10.2 Å². The Bertz CT molecular complexity index is 360. The lowest BCUT2D eigenvalue weighted by Crippen LogP contribution is -2.59. The summed E-state index contributed by atoms with van der Waals surface area (Å²) >= 11 is 0. The van der Waals surface area contributed by atoms with Crippen molar-refractivity contribution in [1.29, 1.82) is 5.41 Å². The first-order valence-electron chi connectivity index (χ1n) is 4.74. The molecule has 1 fully saturated rings. The molecule has 1 unspecified atom stereocenters. The Balaban J connectivity index is 2.90. The summed E-state index contributed by atoms with van der Waals surface area (Å²) in [6, 6.07) is -0.590. The SMILES string of the molecule is CCC1C(=O)NC(=O)CN1C(=N)N=C(N)N. The van der Waals surface area contributed by atoms with Gasteiger partial charge in [-0.1, -0.05) is 6.92 Å². The van der Waals surface area contributed by atoms with E-state index in [0.717, 1.165) is 0 Å². The molecule has 0 aliphatic carbocycles. The molecule has 1 heterocycles. The normalized spacial score (nSPS) is 20.3. The number of nitrogens with one attached hydrogen (secondary N) is 2. The van der Waals surface area contributed by atoms with Crippen LogP contribution in [0, 0.1) is 5.41 Å². The van der Waals surface area contributed by atoms with Gasteiger partial charge in [0.05, 0.1) is 0 Å². The van der Waals surface area contributed by atoms with Crippen LogP contribution in [0.4, 0.5) is 0 Å². The molecule has 1 aliphatic rings. The van der Waals surface area contributed by atoms with Crippen molar-refractivity contribution in [2.45, 2.75) is 19.4 Å². The van der Waals surface area contributed by atoms with Gasteiger partial charge in [0.1, 0.15) is 12.6 Å². The summed E-state index contributed by atoms with van der Waals surface area (Å²) in [7, 11) is 0. The molecule has 1 rings (SSSR count). The molecule has 0 saturated carbocycles. The van der Waals surface area contributed by atoms with Crippen molar-refractivity contribution in [3.63, 3.8) is 0 Å². The van der Waals surface area contributed by atoms with Crippen molar-refractivity contribution in [3.05, 3.63) is 0 Å². The molecular weight excluding hydrogens is 212 g/mol. The number of aliphatic imine (C=N–C) groups is 1. The predicted molar refractivity (Wildman–Crippen MR) is 57.5 cm³/mol. The van der Waals surface area contributed by atoms with Crippen molar-refractivity contribution >= 4 is 23.7 Å². The van der Waals surface area contributed by atoms with Crippen LogP contribution in [0.3, 0.4) is 0 Å². The number of carbonyl (C=O) groups is 2. The summed E-state index contributed by atoms with van der Waals surface area (Å²) in [5, 5.41) is 9.76. The van der Waals surface area contributed by atoms with Gasteiger partial charge >= 0.3 is 0 Å². The van der Waals surface area contributed by atoms with Gasteiger partial charge in [0.2, 0.25) is 17.8 Å². The fraction of sp³-hybridized carbons (Fsp3) is 0.500. The van der Waals surface area contributed by atoms with Crippen LogP contribution in [0.2, 0.25) is 0 Å². The van der Waals surface area contributed by atoms with Gasteiger partial charge in [0.25, 0.3) is 0 Å². The predicted octanol–water partition coefficient (Wildman–Crippen LogP) is -2.07. The summed E-state index contributed by atoms with van der Waals surface area (Å²) in [6.45, 7) is 1.68. The Hall–Kier alpha value is -2.12. The summed E-state index contributed by atoms with van der Waals surface area (Å²) in [5.41, 5.74) is 10.3. The van der Waals surface area contributed by atoms with Gasteiger partial charge in [-0.2, -0.15) is 4.99 Å². The summed E-state index contributed by atoms with van der Waals surface area (Å²) in [5.74, 6) is -1.46. The fourth-order valence-electron chi connectivity index (χ4n) is 1.48. The summed E-state index contributed by atoms with van der Waals surface area (Å²) < 4.78 is 0. The first-order valence-corrected chi connectivity index (χ1v) is 4.74. The molecule has 0 aromatic carbocycles. The molecule has 1 saturated heterocycles. The van der Waals surface area contributed by atoms with E-state index in [1.807, 2.05) is 0 Å². The molecule has 8 heteroatoms. The Labute approximate surface area is 92.2 Å². The van der Waals surface area contributed by atoms with Gasteiger partial charge in [-0.25, -0.2) is 0 Å². The molecule has 2 amide bonds. The summed E-state index contributed by atoms with van der Waals surface area (Å²) in [4.78, 5) is 27.4. The van der Waals surface area contributed by atoms with E-state index < -0.39 is 17.9 Å². The Morgan fingerprint density at radius 3 is 2.75 bits per heavy atom. The molecule has 88 valence electrons. The van der Waals surface area contributed by atoms with E-state index in [9.17, 15) is 9.59 Å². The second-order valence-electron chi connectivity index (χ2n) is 3.32. The maximum Gasteiger partial charge on any atom is 0.249 e. The van der Waals surface area contributed by atoms with Crippen LogP contribution in [0.25, 0.3) is 0 Å². The lowest BCUT2D eigenvalue weighted by Gasteiger charge is -2.33. The zero-order valence-electron chi connectivity index (χ0n) is 8.86. The number of hydrogen-bond donors (Lipinski definition) is 4. The maximum atomic E-state index is 11.5. The molecule has 16 heavy (non-hydrogen) atoms. The topological polar surface area (TPSA) is 138 Å². The first kappa shape index (κ1) is 12.0. The fourth-order valence-corrected chi connectivity index (χ4v) is 1.48. The zero-order valence-corrected chi connectivity index (χ0v) is 8.86. The van der Waals surface area contributed by atoms with Crippen molar-refractivity contribution in [2.75, 3.05) is 6.54 Å². The minimum Gasteiger partial charge on any atom is -0.370 e. The lowest BCUT2D eigenvalue weighted by molar-refractivity contribution is -0.137. The number of carbonyl (C=O) groups excluding carboxylic acids is 2. The van der Waals surface area contributed by atoms with Crippen molar-refractivity contribution in [3.8, 4) is 0 Å². The van der Waals surface area contributed by atoms with Gasteiger partial charge in [-0.15, -0.1) is 0 Å². The van der Waals surface area contributed by atoms with Crippen LogP contribution < -0.4 is 16.8 Å². The zero-order chi connectivity index (χ0) is 12.3. The van der Waals surface area contributed by atoms with Gasteiger partial charge < -0.3 is 16.4 Å². The van der Waals surface area contributed by atoms with Crippen molar-refractivity contribution < 1.29 is 9.59 Å². The Kier molecular flexibility index (Phi) is 3.44. The molecule has 0 aromatic heterocycles. The smallest absolute Gasteiger partial charge is 0.249 e. The Morgan fingerprint density at radius 1 is 1.62 bits per heavy atom. The number of amides is 2. The highest BCUT2D eigenvalue weighted by molar-refractivity contribution is 6.05. The molecule has 6 N–H and O–H groups in total. The molecule has 0 radical (unpaired) electrons. The highest BCUT2D eigenvalue weighted by Gasteiger charge is 2.33. The largest absolute Gasteiger partial charge is 0.370 e.